The Hall–Kier alpha value is -3.58. The molecule has 1 heterocycles. The summed E-state index contributed by atoms with van der Waals surface area (Å²) in [5.41, 5.74) is 3.03. The predicted molar refractivity (Wildman–Crippen MR) is 127 cm³/mol. The van der Waals surface area contributed by atoms with Crippen molar-refractivity contribution in [1.82, 2.24) is 14.8 Å². The molecule has 0 saturated heterocycles. The third-order valence-corrected chi connectivity index (χ3v) is 5.69. The molecule has 7 heteroatoms. The van der Waals surface area contributed by atoms with Gasteiger partial charge in [0.15, 0.2) is 11.0 Å². The molecule has 162 valence electrons. The van der Waals surface area contributed by atoms with Gasteiger partial charge in [-0.25, -0.2) is 0 Å². The molecule has 0 bridgehead atoms. The van der Waals surface area contributed by atoms with Crippen molar-refractivity contribution in [2.24, 2.45) is 0 Å². The van der Waals surface area contributed by atoms with Crippen LogP contribution in [0, 0.1) is 6.92 Å². The second-order valence-corrected chi connectivity index (χ2v) is 8.22. The molecule has 0 saturated carbocycles. The second kappa shape index (κ2) is 10.6. The Labute approximate surface area is 191 Å². The van der Waals surface area contributed by atoms with Gasteiger partial charge in [0.05, 0.1) is 12.3 Å². The molecule has 0 atom stereocenters. The first-order chi connectivity index (χ1) is 15.7. The third-order valence-electron chi connectivity index (χ3n) is 4.72. The Kier molecular flexibility index (Phi) is 7.19. The Bertz CT molecular complexity index is 1160. The summed E-state index contributed by atoms with van der Waals surface area (Å²) in [4.78, 5) is 12.4. The molecule has 0 unspecified atom stereocenters. The van der Waals surface area contributed by atoms with E-state index < -0.39 is 0 Å². The van der Waals surface area contributed by atoms with Crippen LogP contribution in [-0.4, -0.2) is 26.4 Å². The minimum absolute atomic E-state index is 0.0898. The number of ether oxygens (including phenoxy) is 1. The number of amides is 1. The first-order valence-electron chi connectivity index (χ1n) is 10.3. The number of nitrogens with zero attached hydrogens (tertiary/aromatic N) is 3. The lowest BCUT2D eigenvalue weighted by molar-refractivity contribution is -0.113. The van der Waals surface area contributed by atoms with Gasteiger partial charge in [-0.15, -0.1) is 10.2 Å². The standard InChI is InChI=1S/C25H24N4O2S/c1-19-9-8-14-22(15-19)31-17-23-27-28-25(29(23)16-20-10-4-2-5-11-20)32-18-24(30)26-21-12-6-3-7-13-21/h2-15H,16-18H2,1H3,(H,26,30). The van der Waals surface area contributed by atoms with Crippen LogP contribution in [0.1, 0.15) is 17.0 Å². The molecule has 0 fully saturated rings. The van der Waals surface area contributed by atoms with Crippen LogP contribution in [0.4, 0.5) is 5.69 Å². The number of thioether (sulfide) groups is 1. The van der Waals surface area contributed by atoms with Gasteiger partial charge in [0.25, 0.3) is 0 Å². The van der Waals surface area contributed by atoms with Gasteiger partial charge in [-0.1, -0.05) is 72.4 Å². The van der Waals surface area contributed by atoms with Gasteiger partial charge in [0.1, 0.15) is 12.4 Å². The Morgan fingerprint density at radius 2 is 1.72 bits per heavy atom. The number of rotatable bonds is 9. The predicted octanol–water partition coefficient (Wildman–Crippen LogP) is 4.94. The number of aromatic nitrogens is 3. The molecule has 1 amide bonds. The van der Waals surface area contributed by atoms with E-state index in [0.29, 0.717) is 24.1 Å². The van der Waals surface area contributed by atoms with Crippen LogP contribution in [0.25, 0.3) is 0 Å². The molecule has 4 rings (SSSR count). The molecule has 6 nitrogen and oxygen atoms in total. The summed E-state index contributed by atoms with van der Waals surface area (Å²) in [6.45, 7) is 2.92. The molecule has 32 heavy (non-hydrogen) atoms. The molecule has 0 radical (unpaired) electrons. The monoisotopic (exact) mass is 444 g/mol. The first-order valence-corrected chi connectivity index (χ1v) is 11.3. The van der Waals surface area contributed by atoms with E-state index in [-0.39, 0.29) is 11.7 Å². The van der Waals surface area contributed by atoms with Gasteiger partial charge < -0.3 is 10.1 Å². The highest BCUT2D eigenvalue weighted by molar-refractivity contribution is 7.99. The lowest BCUT2D eigenvalue weighted by Crippen LogP contribution is -2.15. The zero-order chi connectivity index (χ0) is 22.2. The minimum Gasteiger partial charge on any atom is -0.486 e. The van der Waals surface area contributed by atoms with Gasteiger partial charge in [-0.2, -0.15) is 0 Å². The summed E-state index contributed by atoms with van der Waals surface area (Å²) in [5.74, 6) is 1.64. The fraction of sp³-hybridized carbons (Fsp3) is 0.160. The highest BCUT2D eigenvalue weighted by Gasteiger charge is 2.15. The van der Waals surface area contributed by atoms with Gasteiger partial charge in [0.2, 0.25) is 5.91 Å². The lowest BCUT2D eigenvalue weighted by atomic mass is 10.2. The number of benzene rings is 3. The number of anilines is 1. The Balaban J connectivity index is 1.47. The summed E-state index contributed by atoms with van der Waals surface area (Å²) in [6.07, 6.45) is 0. The first kappa shape index (κ1) is 21.6. The zero-order valence-corrected chi connectivity index (χ0v) is 18.6. The molecule has 4 aromatic rings. The minimum atomic E-state index is -0.0898. The van der Waals surface area contributed by atoms with Crippen molar-refractivity contribution >= 4 is 23.4 Å². The van der Waals surface area contributed by atoms with E-state index >= 15 is 0 Å². The van der Waals surface area contributed by atoms with E-state index in [4.69, 9.17) is 4.74 Å². The van der Waals surface area contributed by atoms with E-state index in [2.05, 4.69) is 27.6 Å². The SMILES string of the molecule is Cc1cccc(OCc2nnc(SCC(=O)Nc3ccccc3)n2Cc2ccccc2)c1. The maximum absolute atomic E-state index is 12.4. The van der Waals surface area contributed by atoms with E-state index in [9.17, 15) is 4.79 Å². The molecule has 3 aromatic carbocycles. The number of para-hydroxylation sites is 1. The topological polar surface area (TPSA) is 69.0 Å². The van der Waals surface area contributed by atoms with Crippen LogP contribution in [0.3, 0.4) is 0 Å². The molecule has 1 aromatic heterocycles. The van der Waals surface area contributed by atoms with Crippen LogP contribution in [-0.2, 0) is 17.9 Å². The summed E-state index contributed by atoms with van der Waals surface area (Å²) in [7, 11) is 0. The van der Waals surface area contributed by atoms with Gasteiger partial charge in [-0.3, -0.25) is 9.36 Å². The van der Waals surface area contributed by atoms with Crippen LogP contribution >= 0.6 is 11.8 Å². The summed E-state index contributed by atoms with van der Waals surface area (Å²) in [5, 5.41) is 12.3. The Morgan fingerprint density at radius 3 is 2.47 bits per heavy atom. The number of aryl methyl sites for hydroxylation is 1. The second-order valence-electron chi connectivity index (χ2n) is 7.28. The maximum atomic E-state index is 12.4. The quantitative estimate of drug-likeness (QED) is 0.370. The molecule has 0 aliphatic rings. The lowest BCUT2D eigenvalue weighted by Gasteiger charge is -2.12. The molecular weight excluding hydrogens is 420 g/mol. The van der Waals surface area contributed by atoms with Crippen molar-refractivity contribution in [1.29, 1.82) is 0 Å². The van der Waals surface area contributed by atoms with Crippen LogP contribution < -0.4 is 10.1 Å². The highest BCUT2D eigenvalue weighted by atomic mass is 32.2. The van der Waals surface area contributed by atoms with E-state index in [1.165, 1.54) is 11.8 Å². The number of nitrogens with one attached hydrogen (secondary N) is 1. The average molecular weight is 445 g/mol. The van der Waals surface area contributed by atoms with Crippen molar-refractivity contribution in [3.05, 3.63) is 102 Å². The van der Waals surface area contributed by atoms with Crippen molar-refractivity contribution in [2.45, 2.75) is 25.2 Å². The van der Waals surface area contributed by atoms with Crippen LogP contribution in [0.2, 0.25) is 0 Å². The van der Waals surface area contributed by atoms with Crippen LogP contribution in [0.5, 0.6) is 5.75 Å². The zero-order valence-electron chi connectivity index (χ0n) is 17.8. The van der Waals surface area contributed by atoms with Gasteiger partial charge >= 0.3 is 0 Å². The summed E-state index contributed by atoms with van der Waals surface area (Å²) < 4.78 is 7.96. The third kappa shape index (κ3) is 5.98. The Morgan fingerprint density at radius 1 is 0.969 bits per heavy atom. The summed E-state index contributed by atoms with van der Waals surface area (Å²) >= 11 is 1.36. The fourth-order valence-electron chi connectivity index (χ4n) is 3.16. The van der Waals surface area contributed by atoms with Gasteiger partial charge in [0, 0.05) is 5.69 Å². The molecule has 1 N–H and O–H groups in total. The fourth-order valence-corrected chi connectivity index (χ4v) is 3.92. The molecule has 0 aliphatic heterocycles. The maximum Gasteiger partial charge on any atom is 0.234 e. The smallest absolute Gasteiger partial charge is 0.234 e. The molecule has 0 spiro atoms. The van der Waals surface area contributed by atoms with Gasteiger partial charge in [-0.05, 0) is 42.3 Å². The number of hydrogen-bond acceptors (Lipinski definition) is 5. The van der Waals surface area contributed by atoms with Crippen LogP contribution in [0.15, 0.2) is 90.1 Å². The normalized spacial score (nSPS) is 10.7. The number of hydrogen-bond donors (Lipinski definition) is 1. The van der Waals surface area contributed by atoms with Crippen molar-refractivity contribution < 1.29 is 9.53 Å². The molecular formula is C25H24N4O2S. The average Bonchev–Trinajstić information content (AvgIpc) is 3.19. The van der Waals surface area contributed by atoms with Crippen molar-refractivity contribution in [2.75, 3.05) is 11.1 Å². The highest BCUT2D eigenvalue weighted by Crippen LogP contribution is 2.21. The largest absolute Gasteiger partial charge is 0.486 e. The van der Waals surface area contributed by atoms with E-state index in [0.717, 1.165) is 22.6 Å². The summed E-state index contributed by atoms with van der Waals surface area (Å²) in [6, 6.07) is 27.4. The van der Waals surface area contributed by atoms with E-state index in [1.807, 2.05) is 84.3 Å². The van der Waals surface area contributed by atoms with Crippen molar-refractivity contribution in [3.8, 4) is 5.75 Å². The van der Waals surface area contributed by atoms with Crippen molar-refractivity contribution in [3.63, 3.8) is 0 Å². The molecule has 0 aliphatic carbocycles. The number of carbonyl (C=O) groups is 1. The number of carbonyl (C=O) groups excluding carboxylic acids is 1. The van der Waals surface area contributed by atoms with E-state index in [1.54, 1.807) is 0 Å².